The molecule has 0 aliphatic heterocycles. The molecule has 15 nitrogen and oxygen atoms in total. The van der Waals surface area contributed by atoms with Gasteiger partial charge in [0.15, 0.2) is 11.5 Å². The Bertz CT molecular complexity index is 2820. The molecule has 0 spiro atoms. The van der Waals surface area contributed by atoms with Gasteiger partial charge in [-0.3, -0.25) is 13.8 Å². The molecular formula is C58H58N3O12P. The number of hydrogen-bond acceptors (Lipinski definition) is 12. The van der Waals surface area contributed by atoms with Crippen LogP contribution in [0.25, 0.3) is 0 Å². The Balaban J connectivity index is 1.12. The minimum Gasteiger partial charge on any atom is -0.485 e. The van der Waals surface area contributed by atoms with Gasteiger partial charge >= 0.3 is 26.0 Å². The van der Waals surface area contributed by atoms with E-state index in [0.29, 0.717) is 11.1 Å². The lowest BCUT2D eigenvalue weighted by atomic mass is 10.0. The van der Waals surface area contributed by atoms with Gasteiger partial charge in [0.25, 0.3) is 0 Å². The third-order valence-corrected chi connectivity index (χ3v) is 12.5. The summed E-state index contributed by atoms with van der Waals surface area (Å²) < 4.78 is 55.6. The first-order chi connectivity index (χ1) is 36.2. The number of ether oxygens (including phenoxy) is 4. The van der Waals surface area contributed by atoms with Crippen LogP contribution in [0.15, 0.2) is 200 Å². The Hall–Kier alpha value is -8.23. The van der Waals surface area contributed by atoms with Crippen LogP contribution in [0.3, 0.4) is 0 Å². The number of rotatable bonds is 27. The number of carbonyl (C=O) groups excluding carboxylic acids is 4. The highest BCUT2D eigenvalue weighted by atomic mass is 31.2. The molecule has 0 aromatic heterocycles. The van der Waals surface area contributed by atoms with Crippen LogP contribution >= 0.6 is 7.82 Å². The van der Waals surface area contributed by atoms with Gasteiger partial charge in [0.05, 0.1) is 13.2 Å². The van der Waals surface area contributed by atoms with Gasteiger partial charge in [-0.05, 0) is 63.9 Å². The monoisotopic (exact) mass is 1020 g/mol. The number of phosphoric acid groups is 1. The van der Waals surface area contributed by atoms with Crippen molar-refractivity contribution in [3.63, 3.8) is 0 Å². The molecule has 7 aromatic rings. The van der Waals surface area contributed by atoms with Crippen molar-refractivity contribution < 1.29 is 56.3 Å². The third-order valence-electron chi connectivity index (χ3n) is 11.2. The average Bonchev–Trinajstić information content (AvgIpc) is 3.44. The van der Waals surface area contributed by atoms with E-state index < -0.39 is 44.0 Å². The van der Waals surface area contributed by atoms with Crippen LogP contribution in [0.5, 0.6) is 11.5 Å². The predicted octanol–water partition coefficient (Wildman–Crippen LogP) is 11.0. The molecule has 0 saturated heterocycles. The first-order valence-corrected chi connectivity index (χ1v) is 25.5. The quantitative estimate of drug-likeness (QED) is 0.0192. The fraction of sp³-hybridized carbons (Fsp3) is 0.207. The minimum atomic E-state index is -4.38. The molecule has 7 aromatic carbocycles. The van der Waals surface area contributed by atoms with Gasteiger partial charge in [0, 0.05) is 13.0 Å². The molecule has 7 rings (SSSR count). The first kappa shape index (κ1) is 53.6. The lowest BCUT2D eigenvalue weighted by Crippen LogP contribution is -2.52. The normalized spacial score (nSPS) is 11.8. The Labute approximate surface area is 430 Å². The van der Waals surface area contributed by atoms with Crippen molar-refractivity contribution in [1.29, 1.82) is 0 Å². The number of alkyl carbamates (subject to hydrolysis) is 2. The van der Waals surface area contributed by atoms with Crippen molar-refractivity contribution in [2.24, 2.45) is 0 Å². The highest BCUT2D eigenvalue weighted by Crippen LogP contribution is 2.53. The van der Waals surface area contributed by atoms with E-state index in [1.807, 2.05) is 158 Å². The summed E-state index contributed by atoms with van der Waals surface area (Å²) in [5.41, 5.74) is 5.04. The van der Waals surface area contributed by atoms with Crippen LogP contribution in [0.2, 0.25) is 0 Å². The zero-order chi connectivity index (χ0) is 51.6. The Morgan fingerprint density at radius 1 is 0.432 bits per heavy atom. The lowest BCUT2D eigenvalue weighted by Gasteiger charge is -2.24. The van der Waals surface area contributed by atoms with E-state index in [4.69, 9.17) is 32.5 Å². The average molecular weight is 1020 g/mol. The molecule has 0 bridgehead atoms. The summed E-state index contributed by atoms with van der Waals surface area (Å²) in [6.45, 7) is -0.0862. The number of amides is 3. The smallest absolute Gasteiger partial charge is 0.485 e. The molecule has 16 heteroatoms. The number of nitrogens with one attached hydrogen (secondary N) is 3. The summed E-state index contributed by atoms with van der Waals surface area (Å²) in [6, 6.07) is 57.3. The van der Waals surface area contributed by atoms with E-state index in [1.165, 1.54) is 6.07 Å². The Kier molecular flexibility index (Phi) is 20.8. The lowest BCUT2D eigenvalue weighted by molar-refractivity contribution is -0.149. The molecule has 0 fully saturated rings. The van der Waals surface area contributed by atoms with Crippen molar-refractivity contribution >= 4 is 31.9 Å². The summed E-state index contributed by atoms with van der Waals surface area (Å²) in [6.07, 6.45) is -1.41. The maximum atomic E-state index is 14.6. The van der Waals surface area contributed by atoms with Gasteiger partial charge < -0.3 is 39.4 Å². The van der Waals surface area contributed by atoms with E-state index in [0.717, 1.165) is 27.8 Å². The minimum absolute atomic E-state index is 0.0252. The van der Waals surface area contributed by atoms with Gasteiger partial charge in [-0.15, -0.1) is 0 Å². The largest absolute Gasteiger partial charge is 0.530 e. The van der Waals surface area contributed by atoms with E-state index >= 15 is 0 Å². The van der Waals surface area contributed by atoms with Gasteiger partial charge in [0.2, 0.25) is 5.91 Å². The zero-order valence-electron chi connectivity index (χ0n) is 40.6. The van der Waals surface area contributed by atoms with E-state index in [9.17, 15) is 23.7 Å². The molecule has 0 saturated carbocycles. The second-order valence-electron chi connectivity index (χ2n) is 16.9. The van der Waals surface area contributed by atoms with Crippen molar-refractivity contribution in [2.75, 3.05) is 6.54 Å². The molecule has 0 aliphatic carbocycles. The van der Waals surface area contributed by atoms with Crippen molar-refractivity contribution in [3.05, 3.63) is 239 Å². The summed E-state index contributed by atoms with van der Waals surface area (Å²) in [7, 11) is -4.38. The highest BCUT2D eigenvalue weighted by molar-refractivity contribution is 7.48. The summed E-state index contributed by atoms with van der Waals surface area (Å²) in [5, 5.41) is 8.13. The second kappa shape index (κ2) is 28.7. The number of carbonyl (C=O) groups is 4. The fourth-order valence-corrected chi connectivity index (χ4v) is 8.43. The fourth-order valence-electron chi connectivity index (χ4n) is 7.25. The van der Waals surface area contributed by atoms with Crippen LogP contribution in [0.4, 0.5) is 9.59 Å². The van der Waals surface area contributed by atoms with Crippen LogP contribution < -0.4 is 25.2 Å². The van der Waals surface area contributed by atoms with Crippen molar-refractivity contribution in [3.8, 4) is 11.5 Å². The topological polar surface area (TPSA) is 186 Å². The molecular weight excluding hydrogens is 962 g/mol. The van der Waals surface area contributed by atoms with Crippen molar-refractivity contribution in [1.82, 2.24) is 16.0 Å². The van der Waals surface area contributed by atoms with Gasteiger partial charge in [-0.1, -0.05) is 188 Å². The highest BCUT2D eigenvalue weighted by Gasteiger charge is 2.32. The van der Waals surface area contributed by atoms with Gasteiger partial charge in [0.1, 0.15) is 38.5 Å². The van der Waals surface area contributed by atoms with Crippen LogP contribution in [0, 0.1) is 0 Å². The SMILES string of the molecule is O=C(NCCC[C@H](NC(=O)OCc1ccccc1)C(=O)N[C@@H](Cc1ccc(OP(=O)(OCc2ccccc2)OCc2ccccc2)c(OCc2ccccc2)c1)C(=O)OCc1ccccc1)OCc1ccccc1. The molecule has 0 radical (unpaired) electrons. The molecule has 0 aliphatic rings. The zero-order valence-corrected chi connectivity index (χ0v) is 41.5. The van der Waals surface area contributed by atoms with E-state index in [2.05, 4.69) is 16.0 Å². The molecule has 0 heterocycles. The van der Waals surface area contributed by atoms with Crippen LogP contribution in [-0.4, -0.2) is 42.7 Å². The number of hydrogen-bond donors (Lipinski definition) is 3. The van der Waals surface area contributed by atoms with Crippen LogP contribution in [-0.2, 0) is 83.5 Å². The summed E-state index contributed by atoms with van der Waals surface area (Å²) in [5.74, 6) is -1.33. The molecule has 0 unspecified atom stereocenters. The third kappa shape index (κ3) is 18.4. The summed E-state index contributed by atoms with van der Waals surface area (Å²) >= 11 is 0. The first-order valence-electron chi connectivity index (χ1n) is 24.1. The molecule has 3 N–H and O–H groups in total. The Morgan fingerprint density at radius 3 is 1.35 bits per heavy atom. The Morgan fingerprint density at radius 2 is 0.865 bits per heavy atom. The molecule has 2 atom stereocenters. The second-order valence-corrected chi connectivity index (χ2v) is 18.5. The van der Waals surface area contributed by atoms with Crippen molar-refractivity contribution in [2.45, 2.75) is 71.0 Å². The van der Waals surface area contributed by atoms with Crippen LogP contribution in [0.1, 0.15) is 51.8 Å². The summed E-state index contributed by atoms with van der Waals surface area (Å²) in [4.78, 5) is 54.3. The van der Waals surface area contributed by atoms with E-state index in [-0.39, 0.29) is 76.9 Å². The van der Waals surface area contributed by atoms with E-state index in [1.54, 1.807) is 36.4 Å². The number of benzene rings is 7. The molecule has 382 valence electrons. The van der Waals surface area contributed by atoms with Gasteiger partial charge in [-0.2, -0.15) is 0 Å². The maximum absolute atomic E-state index is 14.6. The number of esters is 1. The molecule has 74 heavy (non-hydrogen) atoms. The maximum Gasteiger partial charge on any atom is 0.530 e. The predicted molar refractivity (Wildman–Crippen MR) is 277 cm³/mol. The number of phosphoric ester groups is 1. The standard InChI is InChI=1S/C58H58N3O12P/c62-55(51(61-58(65)70-41-47-26-13-4-14-27-47)32-19-35-59-57(64)69-40-46-24-11-3-12-25-46)60-52(56(63)68-39-45-22-9-2-10-23-45)36-50-33-34-53(54(37-50)67-38-44-20-7-1-8-21-44)73-74(66,71-42-48-28-15-5-16-29-48)72-43-49-30-17-6-18-31-49/h1-18,20-31,33-34,37,51-52H,19,32,35-36,38-43H2,(H,59,64)(H,60,62)(H,61,65)/t51-,52-/m0/s1. The molecule has 3 amide bonds. The van der Waals surface area contributed by atoms with Gasteiger partial charge in [-0.25, -0.2) is 18.9 Å².